The number of aromatic nitrogens is 2. The van der Waals surface area contributed by atoms with Gasteiger partial charge in [0.25, 0.3) is 5.91 Å². The number of benzene rings is 2. The predicted molar refractivity (Wildman–Crippen MR) is 105 cm³/mol. The molecular weight excluding hydrogens is 338 g/mol. The molecule has 3 aromatic rings. The summed E-state index contributed by atoms with van der Waals surface area (Å²) in [5.41, 5.74) is 2.52. The van der Waals surface area contributed by atoms with E-state index in [0.717, 1.165) is 47.1 Å². The van der Waals surface area contributed by atoms with Crippen molar-refractivity contribution in [3.05, 3.63) is 65.5 Å². The zero-order valence-corrected chi connectivity index (χ0v) is 15.7. The van der Waals surface area contributed by atoms with Crippen LogP contribution in [0.5, 0.6) is 6.01 Å². The zero-order valence-electron chi connectivity index (χ0n) is 15.7. The first kappa shape index (κ1) is 17.5. The van der Waals surface area contributed by atoms with Crippen molar-refractivity contribution in [3.8, 4) is 6.01 Å². The highest BCUT2D eigenvalue weighted by Gasteiger charge is 2.27. The lowest BCUT2D eigenvalue weighted by atomic mass is 10.0. The highest BCUT2D eigenvalue weighted by molar-refractivity contribution is 6.07. The van der Waals surface area contributed by atoms with E-state index in [-0.39, 0.29) is 12.0 Å². The van der Waals surface area contributed by atoms with Crippen LogP contribution < -0.4 is 4.74 Å². The van der Waals surface area contributed by atoms with Crippen molar-refractivity contribution in [2.45, 2.75) is 32.8 Å². The van der Waals surface area contributed by atoms with Crippen molar-refractivity contribution in [1.82, 2.24) is 14.9 Å². The number of rotatable bonds is 3. The van der Waals surface area contributed by atoms with E-state index in [2.05, 4.69) is 9.97 Å². The summed E-state index contributed by atoms with van der Waals surface area (Å²) in [7, 11) is 0. The van der Waals surface area contributed by atoms with Crippen molar-refractivity contribution in [1.29, 1.82) is 0 Å². The molecule has 0 aliphatic carbocycles. The van der Waals surface area contributed by atoms with Crippen LogP contribution >= 0.6 is 0 Å². The summed E-state index contributed by atoms with van der Waals surface area (Å²) in [5, 5.41) is 2.07. The van der Waals surface area contributed by atoms with Crippen LogP contribution in [-0.4, -0.2) is 40.0 Å². The first-order valence-electron chi connectivity index (χ1n) is 9.36. The maximum Gasteiger partial charge on any atom is 0.317 e. The lowest BCUT2D eigenvalue weighted by Gasteiger charge is -2.32. The second-order valence-electron chi connectivity index (χ2n) is 7.09. The van der Waals surface area contributed by atoms with Crippen molar-refractivity contribution in [2.24, 2.45) is 0 Å². The van der Waals surface area contributed by atoms with E-state index >= 15 is 0 Å². The quantitative estimate of drug-likeness (QED) is 0.709. The van der Waals surface area contributed by atoms with Gasteiger partial charge in [-0.25, -0.2) is 9.97 Å². The Morgan fingerprint density at radius 1 is 1.07 bits per heavy atom. The van der Waals surface area contributed by atoms with Gasteiger partial charge in [0, 0.05) is 23.5 Å². The molecule has 2 aromatic carbocycles. The van der Waals surface area contributed by atoms with Crippen molar-refractivity contribution < 1.29 is 9.53 Å². The molecule has 2 heterocycles. The summed E-state index contributed by atoms with van der Waals surface area (Å²) in [5.74, 6) is 0.0569. The van der Waals surface area contributed by atoms with E-state index in [9.17, 15) is 4.79 Å². The van der Waals surface area contributed by atoms with Gasteiger partial charge in [-0.15, -0.1) is 0 Å². The molecule has 0 bridgehead atoms. The van der Waals surface area contributed by atoms with Gasteiger partial charge < -0.3 is 9.64 Å². The van der Waals surface area contributed by atoms with Crippen LogP contribution in [0.25, 0.3) is 10.8 Å². The van der Waals surface area contributed by atoms with Gasteiger partial charge in [-0.2, -0.15) is 0 Å². The van der Waals surface area contributed by atoms with E-state index in [1.54, 1.807) is 0 Å². The largest absolute Gasteiger partial charge is 0.458 e. The Morgan fingerprint density at radius 3 is 2.63 bits per heavy atom. The Bertz CT molecular complexity index is 961. The van der Waals surface area contributed by atoms with Crippen LogP contribution in [0.3, 0.4) is 0 Å². The molecule has 1 aliphatic rings. The molecule has 1 aliphatic heterocycles. The van der Waals surface area contributed by atoms with Gasteiger partial charge in [0.15, 0.2) is 0 Å². The average molecular weight is 361 g/mol. The third-order valence-electron chi connectivity index (χ3n) is 4.92. The number of piperidine rings is 1. The van der Waals surface area contributed by atoms with Crippen LogP contribution in [0, 0.1) is 13.8 Å². The van der Waals surface area contributed by atoms with Crippen LogP contribution in [0.2, 0.25) is 0 Å². The first-order chi connectivity index (χ1) is 13.1. The molecule has 1 atom stereocenters. The normalized spacial score (nSPS) is 17.1. The molecule has 4 rings (SSSR count). The fourth-order valence-electron chi connectivity index (χ4n) is 3.70. The maximum absolute atomic E-state index is 13.2. The van der Waals surface area contributed by atoms with Crippen molar-refractivity contribution in [2.75, 3.05) is 13.1 Å². The fourth-order valence-corrected chi connectivity index (χ4v) is 3.70. The number of carbonyl (C=O) groups is 1. The summed E-state index contributed by atoms with van der Waals surface area (Å²) in [6.45, 7) is 5.16. The molecule has 1 amide bonds. The minimum atomic E-state index is -0.0844. The van der Waals surface area contributed by atoms with E-state index in [1.807, 2.05) is 67.3 Å². The number of amides is 1. The molecule has 0 spiro atoms. The molecule has 5 nitrogen and oxygen atoms in total. The number of carbonyl (C=O) groups excluding carboxylic acids is 1. The number of ether oxygens (including phenoxy) is 1. The maximum atomic E-state index is 13.2. The third-order valence-corrected chi connectivity index (χ3v) is 4.92. The Balaban J connectivity index is 1.53. The Hall–Kier alpha value is -2.95. The number of fused-ring (bicyclic) bond motifs is 1. The molecule has 1 unspecified atom stereocenters. The van der Waals surface area contributed by atoms with Gasteiger partial charge in [0.2, 0.25) is 0 Å². The number of aryl methyl sites for hydroxylation is 2. The summed E-state index contributed by atoms with van der Waals surface area (Å²) in [6, 6.07) is 16.2. The van der Waals surface area contributed by atoms with Gasteiger partial charge in [-0.05, 0) is 49.6 Å². The standard InChI is InChI=1S/C22H23N3O2/c1-15-13-16(2)24-22(23-15)27-18-9-6-12-25(14-18)21(26)20-11-5-8-17-7-3-4-10-19(17)20/h3-5,7-8,10-11,13,18H,6,9,12,14H2,1-2H3. The summed E-state index contributed by atoms with van der Waals surface area (Å²) >= 11 is 0. The van der Waals surface area contributed by atoms with Gasteiger partial charge in [-0.3, -0.25) is 4.79 Å². The fraction of sp³-hybridized carbons (Fsp3) is 0.318. The molecule has 1 fully saturated rings. The van der Waals surface area contributed by atoms with Crippen LogP contribution in [-0.2, 0) is 0 Å². The number of likely N-dealkylation sites (tertiary alicyclic amines) is 1. The molecule has 0 saturated carbocycles. The lowest BCUT2D eigenvalue weighted by molar-refractivity contribution is 0.0516. The summed E-state index contributed by atoms with van der Waals surface area (Å²) < 4.78 is 6.00. The SMILES string of the molecule is Cc1cc(C)nc(OC2CCCN(C(=O)c3cccc4ccccc34)C2)n1. The molecule has 5 heteroatoms. The van der Waals surface area contributed by atoms with E-state index < -0.39 is 0 Å². The van der Waals surface area contributed by atoms with Gasteiger partial charge in [0.05, 0.1) is 6.54 Å². The molecule has 1 aromatic heterocycles. The van der Waals surface area contributed by atoms with E-state index in [0.29, 0.717) is 12.6 Å². The van der Waals surface area contributed by atoms with E-state index in [1.165, 1.54) is 0 Å². The lowest BCUT2D eigenvalue weighted by Crippen LogP contribution is -2.44. The molecule has 27 heavy (non-hydrogen) atoms. The average Bonchev–Trinajstić information content (AvgIpc) is 2.66. The van der Waals surface area contributed by atoms with Crippen LogP contribution in [0.1, 0.15) is 34.6 Å². The second-order valence-corrected chi connectivity index (χ2v) is 7.09. The van der Waals surface area contributed by atoms with Gasteiger partial charge >= 0.3 is 6.01 Å². The molecule has 138 valence electrons. The Morgan fingerprint density at radius 2 is 1.81 bits per heavy atom. The first-order valence-corrected chi connectivity index (χ1v) is 9.36. The van der Waals surface area contributed by atoms with Gasteiger partial charge in [0.1, 0.15) is 6.10 Å². The van der Waals surface area contributed by atoms with Crippen molar-refractivity contribution in [3.63, 3.8) is 0 Å². The summed E-state index contributed by atoms with van der Waals surface area (Å²) in [4.78, 5) is 23.8. The highest BCUT2D eigenvalue weighted by Crippen LogP contribution is 2.23. The number of nitrogens with zero attached hydrogens (tertiary/aromatic N) is 3. The van der Waals surface area contributed by atoms with Crippen LogP contribution in [0.15, 0.2) is 48.5 Å². The molecule has 1 saturated heterocycles. The second kappa shape index (κ2) is 7.35. The summed E-state index contributed by atoms with van der Waals surface area (Å²) in [6.07, 6.45) is 1.72. The molecular formula is C22H23N3O2. The topological polar surface area (TPSA) is 55.3 Å². The van der Waals surface area contributed by atoms with Crippen LogP contribution in [0.4, 0.5) is 0 Å². The van der Waals surface area contributed by atoms with E-state index in [4.69, 9.17) is 4.74 Å². The minimum absolute atomic E-state index is 0.0569. The monoisotopic (exact) mass is 361 g/mol. The molecule has 0 N–H and O–H groups in total. The third kappa shape index (κ3) is 3.77. The molecule has 0 radical (unpaired) electrons. The highest BCUT2D eigenvalue weighted by atomic mass is 16.5. The minimum Gasteiger partial charge on any atom is -0.458 e. The van der Waals surface area contributed by atoms with Gasteiger partial charge in [-0.1, -0.05) is 36.4 Å². The van der Waals surface area contributed by atoms with Crippen molar-refractivity contribution >= 4 is 16.7 Å². The number of hydrogen-bond acceptors (Lipinski definition) is 4. The predicted octanol–water partition coefficient (Wildman–Crippen LogP) is 3.93. The zero-order chi connectivity index (χ0) is 18.8. The Kier molecular flexibility index (Phi) is 4.75. The Labute approximate surface area is 159 Å². The number of hydrogen-bond donors (Lipinski definition) is 0. The smallest absolute Gasteiger partial charge is 0.317 e.